The molecule has 0 aliphatic heterocycles. The molecular formula is C19H16N2O3. The van der Waals surface area contributed by atoms with E-state index in [2.05, 4.69) is 9.97 Å². The first kappa shape index (κ1) is 15.7. The molecule has 0 fully saturated rings. The van der Waals surface area contributed by atoms with Crippen LogP contribution < -0.4 is 4.74 Å². The van der Waals surface area contributed by atoms with Gasteiger partial charge in [0.25, 0.3) is 0 Å². The first-order valence-electron chi connectivity index (χ1n) is 7.60. The van der Waals surface area contributed by atoms with Crippen molar-refractivity contribution in [1.29, 1.82) is 0 Å². The van der Waals surface area contributed by atoms with Crippen LogP contribution in [0.1, 0.15) is 23.0 Å². The van der Waals surface area contributed by atoms with Gasteiger partial charge in [-0.25, -0.2) is 9.78 Å². The molecule has 0 bridgehead atoms. The van der Waals surface area contributed by atoms with E-state index in [1.54, 1.807) is 18.2 Å². The summed E-state index contributed by atoms with van der Waals surface area (Å²) in [6, 6.07) is 17.7. The van der Waals surface area contributed by atoms with E-state index in [-0.39, 0.29) is 5.56 Å². The molecule has 1 aromatic heterocycles. The van der Waals surface area contributed by atoms with Gasteiger partial charge in [0, 0.05) is 17.3 Å². The van der Waals surface area contributed by atoms with Crippen LogP contribution in [0.15, 0.2) is 60.7 Å². The molecule has 5 heteroatoms. The first-order valence-corrected chi connectivity index (χ1v) is 7.60. The van der Waals surface area contributed by atoms with Crippen molar-refractivity contribution < 1.29 is 14.6 Å². The van der Waals surface area contributed by atoms with Gasteiger partial charge in [0.2, 0.25) is 5.88 Å². The maximum absolute atomic E-state index is 10.9. The molecule has 1 heterocycles. The summed E-state index contributed by atoms with van der Waals surface area (Å²) in [6.07, 6.45) is 0.761. The van der Waals surface area contributed by atoms with Crippen molar-refractivity contribution in [2.75, 3.05) is 0 Å². The summed E-state index contributed by atoms with van der Waals surface area (Å²) in [4.78, 5) is 19.9. The Morgan fingerprint density at radius 3 is 2.38 bits per heavy atom. The number of carbonyl (C=O) groups is 1. The number of rotatable bonds is 5. The summed E-state index contributed by atoms with van der Waals surface area (Å²) >= 11 is 0. The van der Waals surface area contributed by atoms with Crippen molar-refractivity contribution >= 4 is 5.97 Å². The lowest BCUT2D eigenvalue weighted by molar-refractivity contribution is 0.0697. The lowest BCUT2D eigenvalue weighted by Gasteiger charge is -2.09. The maximum atomic E-state index is 10.9. The molecule has 5 nitrogen and oxygen atoms in total. The second-order valence-electron chi connectivity index (χ2n) is 5.17. The van der Waals surface area contributed by atoms with E-state index in [4.69, 9.17) is 9.84 Å². The summed E-state index contributed by atoms with van der Waals surface area (Å²) < 4.78 is 5.77. The van der Waals surface area contributed by atoms with Crippen molar-refractivity contribution in [3.05, 3.63) is 71.9 Å². The van der Waals surface area contributed by atoms with Gasteiger partial charge in [-0.3, -0.25) is 0 Å². The highest BCUT2D eigenvalue weighted by atomic mass is 16.5. The Morgan fingerprint density at radius 2 is 1.75 bits per heavy atom. The fourth-order valence-electron chi connectivity index (χ4n) is 2.21. The van der Waals surface area contributed by atoms with Gasteiger partial charge >= 0.3 is 5.97 Å². The van der Waals surface area contributed by atoms with Gasteiger partial charge in [0.15, 0.2) is 5.82 Å². The molecule has 2 aromatic carbocycles. The molecule has 0 amide bonds. The molecule has 0 spiro atoms. The third kappa shape index (κ3) is 3.57. The van der Waals surface area contributed by atoms with Crippen molar-refractivity contribution in [1.82, 2.24) is 9.97 Å². The summed E-state index contributed by atoms with van der Waals surface area (Å²) in [5, 5.41) is 8.93. The molecule has 0 atom stereocenters. The van der Waals surface area contributed by atoms with E-state index in [1.807, 2.05) is 37.3 Å². The molecule has 3 aromatic rings. The average Bonchev–Trinajstić information content (AvgIpc) is 2.62. The van der Waals surface area contributed by atoms with E-state index in [0.29, 0.717) is 17.5 Å². The number of aromatic carboxylic acids is 1. The zero-order valence-corrected chi connectivity index (χ0v) is 13.1. The highest BCUT2D eigenvalue weighted by Gasteiger charge is 2.09. The Balaban J connectivity index is 1.91. The third-order valence-corrected chi connectivity index (χ3v) is 3.47. The van der Waals surface area contributed by atoms with Gasteiger partial charge in [0.1, 0.15) is 5.75 Å². The molecule has 0 radical (unpaired) electrons. The summed E-state index contributed by atoms with van der Waals surface area (Å²) in [6.45, 7) is 2.02. The van der Waals surface area contributed by atoms with E-state index in [9.17, 15) is 4.79 Å². The van der Waals surface area contributed by atoms with Gasteiger partial charge in [0.05, 0.1) is 5.56 Å². The first-order chi connectivity index (χ1) is 11.7. The van der Waals surface area contributed by atoms with E-state index in [0.717, 1.165) is 17.7 Å². The molecule has 0 unspecified atom stereocenters. The molecule has 120 valence electrons. The second-order valence-corrected chi connectivity index (χ2v) is 5.17. The van der Waals surface area contributed by atoms with Crippen LogP contribution in [0, 0.1) is 0 Å². The van der Waals surface area contributed by atoms with Gasteiger partial charge < -0.3 is 9.84 Å². The minimum absolute atomic E-state index is 0.212. The van der Waals surface area contributed by atoms with Gasteiger partial charge in [-0.15, -0.1) is 0 Å². The minimum atomic E-state index is -0.969. The number of hydrogen-bond acceptors (Lipinski definition) is 4. The van der Waals surface area contributed by atoms with Crippen LogP contribution in [0.4, 0.5) is 0 Å². The average molecular weight is 320 g/mol. The van der Waals surface area contributed by atoms with Crippen LogP contribution in [-0.4, -0.2) is 21.0 Å². The number of aromatic nitrogens is 2. The molecule has 0 saturated heterocycles. The van der Waals surface area contributed by atoms with E-state index in [1.165, 1.54) is 12.1 Å². The number of nitrogens with zero attached hydrogens (tertiary/aromatic N) is 2. The predicted octanol–water partition coefficient (Wildman–Crippen LogP) is 4.20. The number of carboxylic acids is 1. The van der Waals surface area contributed by atoms with Crippen molar-refractivity contribution in [3.63, 3.8) is 0 Å². The predicted molar refractivity (Wildman–Crippen MR) is 90.3 cm³/mol. The molecule has 1 N–H and O–H groups in total. The second kappa shape index (κ2) is 6.91. The maximum Gasteiger partial charge on any atom is 0.335 e. The Morgan fingerprint density at radius 1 is 1.04 bits per heavy atom. The SMILES string of the molecule is CCc1cc(Oc2ccc(C(=O)O)cc2)nc(-c2ccccc2)n1. The molecule has 24 heavy (non-hydrogen) atoms. The standard InChI is InChI=1S/C19H16N2O3/c1-2-15-12-17(21-18(20-15)13-6-4-3-5-7-13)24-16-10-8-14(9-11-16)19(22)23/h3-12H,2H2,1H3,(H,22,23). The topological polar surface area (TPSA) is 72.3 Å². The summed E-state index contributed by atoms with van der Waals surface area (Å²) in [5.74, 6) is 0.596. The van der Waals surface area contributed by atoms with Crippen LogP contribution in [0.25, 0.3) is 11.4 Å². The van der Waals surface area contributed by atoms with Gasteiger partial charge in [-0.2, -0.15) is 4.98 Å². The van der Waals surface area contributed by atoms with Gasteiger partial charge in [-0.1, -0.05) is 37.3 Å². The van der Waals surface area contributed by atoms with Crippen LogP contribution in [0.2, 0.25) is 0 Å². The highest BCUT2D eigenvalue weighted by Crippen LogP contribution is 2.24. The Kier molecular flexibility index (Phi) is 4.52. The zero-order valence-electron chi connectivity index (χ0n) is 13.1. The Hall–Kier alpha value is -3.21. The number of carboxylic acid groups (broad SMARTS) is 1. The summed E-state index contributed by atoms with van der Waals surface area (Å²) in [7, 11) is 0. The Bertz CT molecular complexity index is 846. The smallest absolute Gasteiger partial charge is 0.335 e. The van der Waals surface area contributed by atoms with Crippen LogP contribution in [0.3, 0.4) is 0 Å². The number of ether oxygens (including phenoxy) is 1. The minimum Gasteiger partial charge on any atom is -0.478 e. The zero-order chi connectivity index (χ0) is 16.9. The number of hydrogen-bond donors (Lipinski definition) is 1. The fourth-order valence-corrected chi connectivity index (χ4v) is 2.21. The lowest BCUT2D eigenvalue weighted by Crippen LogP contribution is -1.99. The molecule has 0 aliphatic carbocycles. The fraction of sp³-hybridized carbons (Fsp3) is 0.105. The molecule has 3 rings (SSSR count). The number of benzene rings is 2. The van der Waals surface area contributed by atoms with Crippen LogP contribution >= 0.6 is 0 Å². The van der Waals surface area contributed by atoms with E-state index >= 15 is 0 Å². The Labute approximate surface area is 139 Å². The highest BCUT2D eigenvalue weighted by molar-refractivity contribution is 5.87. The van der Waals surface area contributed by atoms with Crippen molar-refractivity contribution in [2.24, 2.45) is 0 Å². The normalized spacial score (nSPS) is 10.4. The third-order valence-electron chi connectivity index (χ3n) is 3.47. The quantitative estimate of drug-likeness (QED) is 0.763. The van der Waals surface area contributed by atoms with Gasteiger partial charge in [-0.05, 0) is 30.7 Å². The largest absolute Gasteiger partial charge is 0.478 e. The summed E-state index contributed by atoms with van der Waals surface area (Å²) in [5.41, 5.74) is 2.00. The molecular weight excluding hydrogens is 304 g/mol. The van der Waals surface area contributed by atoms with Crippen LogP contribution in [-0.2, 0) is 6.42 Å². The van der Waals surface area contributed by atoms with Crippen molar-refractivity contribution in [3.8, 4) is 23.0 Å². The molecule has 0 aliphatic rings. The van der Waals surface area contributed by atoms with E-state index < -0.39 is 5.97 Å². The number of aryl methyl sites for hydroxylation is 1. The monoisotopic (exact) mass is 320 g/mol. The van der Waals surface area contributed by atoms with Crippen molar-refractivity contribution in [2.45, 2.75) is 13.3 Å². The molecule has 0 saturated carbocycles. The lowest BCUT2D eigenvalue weighted by atomic mass is 10.2. The van der Waals surface area contributed by atoms with Crippen LogP contribution in [0.5, 0.6) is 11.6 Å².